The second kappa shape index (κ2) is 6.49. The molecule has 6 nitrogen and oxygen atoms in total. The highest BCUT2D eigenvalue weighted by Crippen LogP contribution is 2.38. The maximum absolute atomic E-state index is 6.37. The monoisotopic (exact) mass is 291 g/mol. The highest BCUT2D eigenvalue weighted by molar-refractivity contribution is 5.52. The summed E-state index contributed by atoms with van der Waals surface area (Å²) >= 11 is 0. The summed E-state index contributed by atoms with van der Waals surface area (Å²) in [6.45, 7) is 2.85. The lowest BCUT2D eigenvalue weighted by molar-refractivity contribution is 0.346. The molecular weight excluding hydrogens is 270 g/mol. The molecule has 114 valence electrons. The first-order valence-electron chi connectivity index (χ1n) is 6.72. The SMILES string of the molecule is CCn1ccnc1C(N)c1cc(OC)c(OC)cc1OC. The Labute approximate surface area is 124 Å². The van der Waals surface area contributed by atoms with Crippen LogP contribution in [0.1, 0.15) is 24.4 Å². The zero-order valence-corrected chi connectivity index (χ0v) is 12.8. The molecule has 0 aliphatic carbocycles. The molecule has 0 spiro atoms. The number of ether oxygens (including phenoxy) is 3. The van der Waals surface area contributed by atoms with Crippen LogP contribution in [-0.2, 0) is 6.54 Å². The van der Waals surface area contributed by atoms with Crippen molar-refractivity contribution in [3.63, 3.8) is 0 Å². The van der Waals surface area contributed by atoms with Gasteiger partial charge in [-0.2, -0.15) is 0 Å². The van der Waals surface area contributed by atoms with Gasteiger partial charge in [-0.1, -0.05) is 0 Å². The molecule has 0 amide bonds. The lowest BCUT2D eigenvalue weighted by Crippen LogP contribution is -2.18. The Morgan fingerprint density at radius 2 is 1.71 bits per heavy atom. The molecule has 1 unspecified atom stereocenters. The second-order valence-electron chi connectivity index (χ2n) is 4.50. The normalized spacial score (nSPS) is 12.0. The Balaban J connectivity index is 2.51. The van der Waals surface area contributed by atoms with Crippen molar-refractivity contribution in [1.82, 2.24) is 9.55 Å². The lowest BCUT2D eigenvalue weighted by atomic mass is 10.0. The third-order valence-corrected chi connectivity index (χ3v) is 3.44. The first-order chi connectivity index (χ1) is 10.2. The van der Waals surface area contributed by atoms with Gasteiger partial charge in [0.15, 0.2) is 11.5 Å². The smallest absolute Gasteiger partial charge is 0.164 e. The summed E-state index contributed by atoms with van der Waals surface area (Å²) in [5, 5.41) is 0. The predicted molar refractivity (Wildman–Crippen MR) is 80.0 cm³/mol. The fourth-order valence-electron chi connectivity index (χ4n) is 2.30. The van der Waals surface area contributed by atoms with E-state index in [1.165, 1.54) is 0 Å². The molecule has 1 aromatic carbocycles. The van der Waals surface area contributed by atoms with Crippen molar-refractivity contribution in [3.05, 3.63) is 35.9 Å². The number of hydrogen-bond donors (Lipinski definition) is 1. The molecule has 0 fully saturated rings. The Hall–Kier alpha value is -2.21. The van der Waals surface area contributed by atoms with E-state index in [0.29, 0.717) is 17.2 Å². The number of benzene rings is 1. The third-order valence-electron chi connectivity index (χ3n) is 3.44. The quantitative estimate of drug-likeness (QED) is 0.881. The van der Waals surface area contributed by atoms with Crippen molar-refractivity contribution < 1.29 is 14.2 Å². The molecule has 1 aromatic heterocycles. The van der Waals surface area contributed by atoms with Crippen LogP contribution in [0.2, 0.25) is 0 Å². The van der Waals surface area contributed by atoms with E-state index < -0.39 is 6.04 Å². The van der Waals surface area contributed by atoms with E-state index in [1.54, 1.807) is 33.6 Å². The summed E-state index contributed by atoms with van der Waals surface area (Å²) < 4.78 is 18.0. The highest BCUT2D eigenvalue weighted by Gasteiger charge is 2.21. The molecule has 0 radical (unpaired) electrons. The van der Waals surface area contributed by atoms with Gasteiger partial charge >= 0.3 is 0 Å². The number of nitrogens with two attached hydrogens (primary N) is 1. The van der Waals surface area contributed by atoms with Gasteiger partial charge in [0, 0.05) is 30.6 Å². The predicted octanol–water partition coefficient (Wildman–Crippen LogP) is 1.98. The molecule has 0 aliphatic rings. The Bertz CT molecular complexity index is 610. The standard InChI is InChI=1S/C15H21N3O3/c1-5-18-7-6-17-15(18)14(16)10-8-12(20-3)13(21-4)9-11(10)19-2/h6-9,14H,5,16H2,1-4H3. The number of aryl methyl sites for hydroxylation is 1. The maximum atomic E-state index is 6.37. The van der Waals surface area contributed by atoms with Crippen LogP contribution in [0, 0.1) is 0 Å². The highest BCUT2D eigenvalue weighted by atomic mass is 16.5. The average Bonchev–Trinajstić information content (AvgIpc) is 3.01. The molecule has 0 saturated carbocycles. The van der Waals surface area contributed by atoms with Crippen LogP contribution in [-0.4, -0.2) is 30.9 Å². The summed E-state index contributed by atoms with van der Waals surface area (Å²) in [4.78, 5) is 4.35. The van der Waals surface area contributed by atoms with E-state index in [1.807, 2.05) is 23.8 Å². The Morgan fingerprint density at radius 1 is 1.10 bits per heavy atom. The average molecular weight is 291 g/mol. The minimum Gasteiger partial charge on any atom is -0.496 e. The van der Waals surface area contributed by atoms with E-state index >= 15 is 0 Å². The van der Waals surface area contributed by atoms with Crippen LogP contribution in [0.4, 0.5) is 0 Å². The number of imidazole rings is 1. The Morgan fingerprint density at radius 3 is 2.29 bits per heavy atom. The molecule has 0 saturated heterocycles. The van der Waals surface area contributed by atoms with Crippen molar-refractivity contribution in [3.8, 4) is 17.2 Å². The van der Waals surface area contributed by atoms with Crippen LogP contribution >= 0.6 is 0 Å². The van der Waals surface area contributed by atoms with Crippen molar-refractivity contribution >= 4 is 0 Å². The van der Waals surface area contributed by atoms with Gasteiger partial charge in [-0.15, -0.1) is 0 Å². The van der Waals surface area contributed by atoms with Crippen LogP contribution in [0.15, 0.2) is 24.5 Å². The van der Waals surface area contributed by atoms with Crippen molar-refractivity contribution in [1.29, 1.82) is 0 Å². The van der Waals surface area contributed by atoms with Gasteiger partial charge in [0.2, 0.25) is 0 Å². The second-order valence-corrected chi connectivity index (χ2v) is 4.50. The van der Waals surface area contributed by atoms with Crippen LogP contribution in [0.5, 0.6) is 17.2 Å². The topological polar surface area (TPSA) is 71.5 Å². The molecule has 0 aliphatic heterocycles. The molecule has 2 rings (SSSR count). The van der Waals surface area contributed by atoms with Crippen LogP contribution < -0.4 is 19.9 Å². The van der Waals surface area contributed by atoms with Gasteiger partial charge in [0.05, 0.1) is 27.4 Å². The molecule has 1 atom stereocenters. The van der Waals surface area contributed by atoms with Gasteiger partial charge in [-0.25, -0.2) is 4.98 Å². The number of methoxy groups -OCH3 is 3. The molecular formula is C15H21N3O3. The van der Waals surface area contributed by atoms with Gasteiger partial charge in [-0.3, -0.25) is 0 Å². The summed E-state index contributed by atoms with van der Waals surface area (Å²) in [6, 6.07) is 3.19. The largest absolute Gasteiger partial charge is 0.496 e. The number of hydrogen-bond acceptors (Lipinski definition) is 5. The minimum atomic E-state index is -0.408. The fourth-order valence-corrected chi connectivity index (χ4v) is 2.30. The van der Waals surface area contributed by atoms with Gasteiger partial charge in [0.1, 0.15) is 11.6 Å². The first kappa shape index (κ1) is 15.2. The van der Waals surface area contributed by atoms with E-state index in [-0.39, 0.29) is 0 Å². The molecule has 6 heteroatoms. The molecule has 0 bridgehead atoms. The fraction of sp³-hybridized carbons (Fsp3) is 0.400. The minimum absolute atomic E-state index is 0.408. The van der Waals surface area contributed by atoms with Crippen molar-refractivity contribution in [2.45, 2.75) is 19.5 Å². The third kappa shape index (κ3) is 2.80. The van der Waals surface area contributed by atoms with E-state index in [2.05, 4.69) is 4.98 Å². The van der Waals surface area contributed by atoms with Crippen molar-refractivity contribution in [2.24, 2.45) is 5.73 Å². The van der Waals surface area contributed by atoms with Crippen molar-refractivity contribution in [2.75, 3.05) is 21.3 Å². The summed E-state index contributed by atoms with van der Waals surface area (Å²) in [5.74, 6) is 2.64. The van der Waals surface area contributed by atoms with E-state index in [9.17, 15) is 0 Å². The van der Waals surface area contributed by atoms with Crippen LogP contribution in [0.3, 0.4) is 0 Å². The summed E-state index contributed by atoms with van der Waals surface area (Å²) in [5.41, 5.74) is 7.17. The lowest BCUT2D eigenvalue weighted by Gasteiger charge is -2.19. The zero-order valence-electron chi connectivity index (χ0n) is 12.8. The number of aromatic nitrogens is 2. The van der Waals surface area contributed by atoms with Gasteiger partial charge in [-0.05, 0) is 13.0 Å². The van der Waals surface area contributed by atoms with E-state index in [0.717, 1.165) is 17.9 Å². The zero-order chi connectivity index (χ0) is 15.4. The maximum Gasteiger partial charge on any atom is 0.164 e. The number of nitrogens with zero attached hydrogens (tertiary/aromatic N) is 2. The Kier molecular flexibility index (Phi) is 4.70. The van der Waals surface area contributed by atoms with Gasteiger partial charge in [0.25, 0.3) is 0 Å². The molecule has 2 N–H and O–H groups in total. The summed E-state index contributed by atoms with van der Waals surface area (Å²) in [6.07, 6.45) is 3.65. The summed E-state index contributed by atoms with van der Waals surface area (Å²) in [7, 11) is 4.77. The van der Waals surface area contributed by atoms with E-state index in [4.69, 9.17) is 19.9 Å². The number of rotatable bonds is 6. The van der Waals surface area contributed by atoms with Gasteiger partial charge < -0.3 is 24.5 Å². The first-order valence-corrected chi connectivity index (χ1v) is 6.72. The van der Waals surface area contributed by atoms with Crippen LogP contribution in [0.25, 0.3) is 0 Å². The molecule has 21 heavy (non-hydrogen) atoms. The molecule has 2 aromatic rings. The molecule has 1 heterocycles.